The first-order valence-corrected chi connectivity index (χ1v) is 12.5. The van der Waals surface area contributed by atoms with E-state index in [0.717, 1.165) is 61.8 Å². The summed E-state index contributed by atoms with van der Waals surface area (Å²) in [5.74, 6) is 0.708. The first-order valence-electron chi connectivity index (χ1n) is 12.5. The van der Waals surface area contributed by atoms with Crippen LogP contribution in [0.5, 0.6) is 5.75 Å². The molecule has 3 aromatic rings. The molecule has 0 spiro atoms. The first-order chi connectivity index (χ1) is 16.5. The summed E-state index contributed by atoms with van der Waals surface area (Å²) in [5, 5.41) is 11.1. The third-order valence-electron chi connectivity index (χ3n) is 7.59. The maximum Gasteiger partial charge on any atom is 0.126 e. The van der Waals surface area contributed by atoms with Gasteiger partial charge in [0.1, 0.15) is 11.9 Å². The van der Waals surface area contributed by atoms with Crippen molar-refractivity contribution in [2.24, 2.45) is 5.41 Å². The molecular weight excluding hydrogens is 427 g/mol. The Labute approximate surface area is 202 Å². The number of aryl methyl sites for hydroxylation is 2. The molecule has 0 radical (unpaired) electrons. The summed E-state index contributed by atoms with van der Waals surface area (Å²) >= 11 is 0. The van der Waals surface area contributed by atoms with E-state index >= 15 is 4.39 Å². The molecule has 4 rings (SSSR count). The van der Waals surface area contributed by atoms with E-state index in [-0.39, 0.29) is 12.0 Å². The SMILES string of the molecule is COc1ccc2ncc(C)c([C@@H](F)CCC3(CO)CCN(CCCc4ccccc4)CC3)c2c1. The van der Waals surface area contributed by atoms with Crippen molar-refractivity contribution in [3.63, 3.8) is 0 Å². The van der Waals surface area contributed by atoms with E-state index in [9.17, 15) is 5.11 Å². The highest BCUT2D eigenvalue weighted by molar-refractivity contribution is 5.84. The average molecular weight is 465 g/mol. The number of methoxy groups -OCH3 is 1. The molecule has 4 nitrogen and oxygen atoms in total. The molecule has 0 aliphatic carbocycles. The standard InChI is InChI=1S/C29H37FN2O2/c1-22-20-31-27-11-10-24(34-2)19-25(27)28(22)26(30)12-13-29(21-33)14-17-32(18-15-29)16-6-9-23-7-4-3-5-8-23/h3-5,7-8,10-11,19-20,26,33H,6,9,12-18,21H2,1-2H3/t26-/m0/s1. The second kappa shape index (κ2) is 11.3. The Hall–Kier alpha value is -2.50. The lowest BCUT2D eigenvalue weighted by Crippen LogP contribution is -2.42. The Kier molecular flexibility index (Phi) is 8.17. The van der Waals surface area contributed by atoms with Crippen molar-refractivity contribution >= 4 is 10.9 Å². The number of fused-ring (bicyclic) bond motifs is 1. The quantitative estimate of drug-likeness (QED) is 0.397. The van der Waals surface area contributed by atoms with Crippen molar-refractivity contribution in [1.29, 1.82) is 0 Å². The third-order valence-corrected chi connectivity index (χ3v) is 7.59. The Bertz CT molecular complexity index is 1060. The molecule has 0 unspecified atom stereocenters. The highest BCUT2D eigenvalue weighted by atomic mass is 19.1. The molecule has 0 bridgehead atoms. The van der Waals surface area contributed by atoms with Gasteiger partial charge in [-0.3, -0.25) is 4.98 Å². The summed E-state index contributed by atoms with van der Waals surface area (Å²) in [4.78, 5) is 6.96. The lowest BCUT2D eigenvalue weighted by atomic mass is 9.74. The van der Waals surface area contributed by atoms with Gasteiger partial charge < -0.3 is 14.7 Å². The smallest absolute Gasteiger partial charge is 0.126 e. The zero-order valence-corrected chi connectivity index (χ0v) is 20.5. The van der Waals surface area contributed by atoms with Crippen LogP contribution in [0.4, 0.5) is 4.39 Å². The number of hydrogen-bond donors (Lipinski definition) is 1. The Balaban J connectivity index is 1.34. The van der Waals surface area contributed by atoms with Crippen LogP contribution in [-0.2, 0) is 6.42 Å². The van der Waals surface area contributed by atoms with E-state index in [2.05, 4.69) is 40.2 Å². The van der Waals surface area contributed by atoms with Crippen LogP contribution < -0.4 is 4.74 Å². The second-order valence-corrected chi connectivity index (χ2v) is 9.83. The van der Waals surface area contributed by atoms with Gasteiger partial charge in [-0.05, 0) is 105 Å². The Morgan fingerprint density at radius 3 is 2.62 bits per heavy atom. The van der Waals surface area contributed by atoms with Crippen molar-refractivity contribution in [1.82, 2.24) is 9.88 Å². The number of alkyl halides is 1. The van der Waals surface area contributed by atoms with Crippen molar-refractivity contribution in [3.8, 4) is 5.75 Å². The van der Waals surface area contributed by atoms with Gasteiger partial charge in [0.25, 0.3) is 0 Å². The number of nitrogens with zero attached hydrogens (tertiary/aromatic N) is 2. The number of aromatic nitrogens is 1. The molecule has 34 heavy (non-hydrogen) atoms. The number of aliphatic hydroxyl groups is 1. The molecule has 1 aliphatic rings. The number of likely N-dealkylation sites (tertiary alicyclic amines) is 1. The fraction of sp³-hybridized carbons (Fsp3) is 0.483. The number of hydrogen-bond acceptors (Lipinski definition) is 4. The number of piperidine rings is 1. The number of ether oxygens (including phenoxy) is 1. The molecule has 0 amide bonds. The molecule has 1 saturated heterocycles. The highest BCUT2D eigenvalue weighted by Gasteiger charge is 2.34. The van der Waals surface area contributed by atoms with Gasteiger partial charge in [0.05, 0.1) is 12.6 Å². The fourth-order valence-electron chi connectivity index (χ4n) is 5.30. The summed E-state index contributed by atoms with van der Waals surface area (Å²) in [7, 11) is 1.62. The van der Waals surface area contributed by atoms with Gasteiger partial charge >= 0.3 is 0 Å². The van der Waals surface area contributed by atoms with Gasteiger partial charge in [-0.1, -0.05) is 30.3 Å². The molecule has 2 aromatic carbocycles. The summed E-state index contributed by atoms with van der Waals surface area (Å²) in [6.45, 7) is 5.07. The average Bonchev–Trinajstić information content (AvgIpc) is 2.88. The molecule has 2 heterocycles. The van der Waals surface area contributed by atoms with Gasteiger partial charge in [-0.25, -0.2) is 4.39 Å². The maximum atomic E-state index is 15.7. The Morgan fingerprint density at radius 1 is 1.15 bits per heavy atom. The van der Waals surface area contributed by atoms with E-state index in [0.29, 0.717) is 24.2 Å². The largest absolute Gasteiger partial charge is 0.497 e. The van der Waals surface area contributed by atoms with Gasteiger partial charge in [-0.15, -0.1) is 0 Å². The number of aliphatic hydroxyl groups excluding tert-OH is 1. The molecule has 182 valence electrons. The minimum absolute atomic E-state index is 0.126. The minimum atomic E-state index is -1.09. The van der Waals surface area contributed by atoms with Crippen LogP contribution in [0.25, 0.3) is 10.9 Å². The highest BCUT2D eigenvalue weighted by Crippen LogP contribution is 2.41. The monoisotopic (exact) mass is 464 g/mol. The van der Waals surface area contributed by atoms with E-state index in [1.807, 2.05) is 25.1 Å². The molecule has 1 aromatic heterocycles. The van der Waals surface area contributed by atoms with Crippen molar-refractivity contribution in [2.45, 2.75) is 51.6 Å². The number of pyridine rings is 1. The zero-order valence-electron chi connectivity index (χ0n) is 20.5. The molecule has 1 aliphatic heterocycles. The van der Waals surface area contributed by atoms with Crippen LogP contribution in [-0.4, -0.2) is 48.3 Å². The van der Waals surface area contributed by atoms with Crippen LogP contribution in [0.2, 0.25) is 0 Å². The van der Waals surface area contributed by atoms with Crippen molar-refractivity contribution in [2.75, 3.05) is 33.4 Å². The van der Waals surface area contributed by atoms with Gasteiger partial charge in [0.15, 0.2) is 0 Å². The van der Waals surface area contributed by atoms with Gasteiger partial charge in [0, 0.05) is 18.2 Å². The molecule has 5 heteroatoms. The number of rotatable bonds is 10. The molecule has 1 N–H and O–H groups in total. The Morgan fingerprint density at radius 2 is 1.91 bits per heavy atom. The maximum absolute atomic E-state index is 15.7. The third kappa shape index (κ3) is 5.76. The van der Waals surface area contributed by atoms with Crippen LogP contribution >= 0.6 is 0 Å². The van der Waals surface area contributed by atoms with E-state index in [1.54, 1.807) is 13.3 Å². The number of benzene rings is 2. The predicted molar refractivity (Wildman–Crippen MR) is 136 cm³/mol. The van der Waals surface area contributed by atoms with Crippen LogP contribution in [0.1, 0.15) is 55.0 Å². The molecule has 1 fully saturated rings. The fourth-order valence-corrected chi connectivity index (χ4v) is 5.30. The van der Waals surface area contributed by atoms with Crippen molar-refractivity contribution in [3.05, 3.63) is 71.4 Å². The van der Waals surface area contributed by atoms with Crippen molar-refractivity contribution < 1.29 is 14.2 Å². The molecular formula is C29H37FN2O2. The van der Waals surface area contributed by atoms with E-state index in [1.165, 1.54) is 5.56 Å². The summed E-state index contributed by atoms with van der Waals surface area (Å²) in [5.41, 5.74) is 3.55. The predicted octanol–water partition coefficient (Wildman–Crippen LogP) is 6.05. The summed E-state index contributed by atoms with van der Waals surface area (Å²) in [6, 6.07) is 16.2. The molecule has 0 saturated carbocycles. The second-order valence-electron chi connectivity index (χ2n) is 9.83. The summed E-state index contributed by atoms with van der Waals surface area (Å²) in [6.07, 6.45) is 5.84. The van der Waals surface area contributed by atoms with Crippen LogP contribution in [0.3, 0.4) is 0 Å². The lowest BCUT2D eigenvalue weighted by molar-refractivity contribution is 0.0300. The van der Waals surface area contributed by atoms with Gasteiger partial charge in [-0.2, -0.15) is 0 Å². The van der Waals surface area contributed by atoms with E-state index in [4.69, 9.17) is 4.74 Å². The number of halogens is 1. The van der Waals surface area contributed by atoms with E-state index < -0.39 is 6.17 Å². The molecule has 1 atom stereocenters. The van der Waals surface area contributed by atoms with Crippen LogP contribution in [0, 0.1) is 12.3 Å². The normalized spacial score (nSPS) is 17.1. The lowest BCUT2D eigenvalue weighted by Gasteiger charge is -2.41. The van der Waals surface area contributed by atoms with Gasteiger partial charge in [0.2, 0.25) is 0 Å². The van der Waals surface area contributed by atoms with Crippen LogP contribution in [0.15, 0.2) is 54.7 Å². The minimum Gasteiger partial charge on any atom is -0.497 e. The zero-order chi connectivity index (χ0) is 24.0. The topological polar surface area (TPSA) is 45.6 Å². The first kappa shape index (κ1) is 24.6. The summed E-state index contributed by atoms with van der Waals surface area (Å²) < 4.78 is 21.0.